The standard InChI is InChI=1S/C24H36N2O5S/c27-22(25-21(17-18-32)23(28)26-31)12-10-8-6-4-2-1-3-5-7-9-11-19-13-15-20(16-14-19)24(29)30/h3,5,13-16,21,31-32H,1-2,4,6-12,17-18H2,(H,25,27)(H,26,28)(H,29,30)/b5-3+. The molecule has 2 amide bonds. The molecule has 1 aromatic rings. The van der Waals surface area contributed by atoms with Gasteiger partial charge in [-0.05, 0) is 68.4 Å². The Bertz CT molecular complexity index is 722. The molecule has 178 valence electrons. The molecule has 7 nitrogen and oxygen atoms in total. The zero-order valence-electron chi connectivity index (χ0n) is 18.6. The maximum atomic E-state index is 11.9. The van der Waals surface area contributed by atoms with E-state index >= 15 is 0 Å². The summed E-state index contributed by atoms with van der Waals surface area (Å²) in [6.45, 7) is 0. The molecule has 0 aliphatic carbocycles. The van der Waals surface area contributed by atoms with Crippen molar-refractivity contribution in [1.29, 1.82) is 0 Å². The smallest absolute Gasteiger partial charge is 0.335 e. The van der Waals surface area contributed by atoms with Crippen LogP contribution >= 0.6 is 12.6 Å². The van der Waals surface area contributed by atoms with Crippen LogP contribution in [-0.4, -0.2) is 39.9 Å². The zero-order valence-corrected chi connectivity index (χ0v) is 19.5. The van der Waals surface area contributed by atoms with E-state index in [-0.39, 0.29) is 5.91 Å². The Morgan fingerprint density at radius 1 is 0.938 bits per heavy atom. The molecule has 0 aliphatic heterocycles. The van der Waals surface area contributed by atoms with Crippen molar-refractivity contribution in [2.75, 3.05) is 5.75 Å². The van der Waals surface area contributed by atoms with Crippen LogP contribution in [0.15, 0.2) is 36.4 Å². The van der Waals surface area contributed by atoms with Gasteiger partial charge in [0.05, 0.1) is 5.56 Å². The first kappa shape index (κ1) is 27.7. The molecule has 0 aromatic heterocycles. The summed E-state index contributed by atoms with van der Waals surface area (Å²) in [5, 5.41) is 20.2. The summed E-state index contributed by atoms with van der Waals surface area (Å²) in [4.78, 5) is 34.2. The molecule has 0 fully saturated rings. The first-order valence-electron chi connectivity index (χ1n) is 11.3. The lowest BCUT2D eigenvalue weighted by molar-refractivity contribution is -0.134. The van der Waals surface area contributed by atoms with Crippen LogP contribution in [0.5, 0.6) is 0 Å². The second-order valence-corrected chi connectivity index (χ2v) is 8.23. The number of thiol groups is 1. The van der Waals surface area contributed by atoms with Gasteiger partial charge >= 0.3 is 5.97 Å². The van der Waals surface area contributed by atoms with E-state index in [0.29, 0.717) is 24.2 Å². The van der Waals surface area contributed by atoms with Crippen LogP contribution in [-0.2, 0) is 16.0 Å². The lowest BCUT2D eigenvalue weighted by Crippen LogP contribution is -2.46. The Hall–Kier alpha value is -2.32. The van der Waals surface area contributed by atoms with Gasteiger partial charge < -0.3 is 10.4 Å². The van der Waals surface area contributed by atoms with Crippen molar-refractivity contribution in [3.05, 3.63) is 47.5 Å². The molecule has 0 radical (unpaired) electrons. The molecular weight excluding hydrogens is 428 g/mol. The van der Waals surface area contributed by atoms with E-state index in [2.05, 4.69) is 30.1 Å². The predicted octanol–water partition coefficient (Wildman–Crippen LogP) is 4.30. The van der Waals surface area contributed by atoms with Crippen molar-refractivity contribution >= 4 is 30.4 Å². The molecule has 0 bridgehead atoms. The number of aryl methyl sites for hydroxylation is 1. The second-order valence-electron chi connectivity index (χ2n) is 7.78. The summed E-state index contributed by atoms with van der Waals surface area (Å²) in [5.74, 6) is -1.25. The molecule has 4 N–H and O–H groups in total. The predicted molar refractivity (Wildman–Crippen MR) is 128 cm³/mol. The van der Waals surface area contributed by atoms with E-state index in [9.17, 15) is 14.4 Å². The molecular formula is C24H36N2O5S. The molecule has 0 heterocycles. The first-order chi connectivity index (χ1) is 15.5. The molecule has 0 spiro atoms. The van der Waals surface area contributed by atoms with Crippen LogP contribution in [0.4, 0.5) is 0 Å². The van der Waals surface area contributed by atoms with Gasteiger partial charge in [0.1, 0.15) is 6.04 Å². The van der Waals surface area contributed by atoms with Crippen LogP contribution in [0.2, 0.25) is 0 Å². The van der Waals surface area contributed by atoms with E-state index in [1.54, 1.807) is 17.6 Å². The van der Waals surface area contributed by atoms with Crippen molar-refractivity contribution < 1.29 is 24.7 Å². The fraction of sp³-hybridized carbons (Fsp3) is 0.542. The molecule has 0 saturated heterocycles. The van der Waals surface area contributed by atoms with E-state index in [4.69, 9.17) is 10.3 Å². The van der Waals surface area contributed by atoms with Gasteiger partial charge in [0, 0.05) is 6.42 Å². The van der Waals surface area contributed by atoms with Crippen LogP contribution in [0.25, 0.3) is 0 Å². The van der Waals surface area contributed by atoms with Crippen molar-refractivity contribution in [2.24, 2.45) is 0 Å². The van der Waals surface area contributed by atoms with Crippen molar-refractivity contribution in [3.63, 3.8) is 0 Å². The number of allylic oxidation sites excluding steroid dienone is 2. The van der Waals surface area contributed by atoms with Gasteiger partial charge in [-0.15, -0.1) is 0 Å². The third kappa shape index (κ3) is 12.5. The number of unbranched alkanes of at least 4 members (excludes halogenated alkanes) is 6. The summed E-state index contributed by atoms with van der Waals surface area (Å²) in [5.41, 5.74) is 3.05. The average Bonchev–Trinajstić information content (AvgIpc) is 2.79. The van der Waals surface area contributed by atoms with Gasteiger partial charge in [-0.1, -0.05) is 43.5 Å². The number of amides is 2. The number of aromatic carboxylic acids is 1. The fourth-order valence-electron chi connectivity index (χ4n) is 3.29. The number of hydrogen-bond acceptors (Lipinski definition) is 5. The van der Waals surface area contributed by atoms with E-state index in [1.807, 2.05) is 12.1 Å². The maximum absolute atomic E-state index is 11.9. The molecule has 8 heteroatoms. The summed E-state index contributed by atoms with van der Waals surface area (Å²) < 4.78 is 0. The molecule has 1 atom stereocenters. The third-order valence-corrected chi connectivity index (χ3v) is 5.42. The normalized spacial score (nSPS) is 11.9. The number of hydrogen-bond donors (Lipinski definition) is 5. The van der Waals surface area contributed by atoms with E-state index in [1.165, 1.54) is 0 Å². The Labute approximate surface area is 196 Å². The van der Waals surface area contributed by atoms with Crippen LogP contribution in [0.1, 0.15) is 80.1 Å². The highest BCUT2D eigenvalue weighted by Crippen LogP contribution is 2.10. The fourth-order valence-corrected chi connectivity index (χ4v) is 3.55. The van der Waals surface area contributed by atoms with Gasteiger partial charge in [0.15, 0.2) is 0 Å². The van der Waals surface area contributed by atoms with Crippen LogP contribution in [0.3, 0.4) is 0 Å². The van der Waals surface area contributed by atoms with Crippen molar-refractivity contribution in [1.82, 2.24) is 10.8 Å². The van der Waals surface area contributed by atoms with Gasteiger partial charge in [0.2, 0.25) is 5.91 Å². The molecule has 1 unspecified atom stereocenters. The third-order valence-electron chi connectivity index (χ3n) is 5.16. The monoisotopic (exact) mass is 464 g/mol. The average molecular weight is 465 g/mol. The van der Waals surface area contributed by atoms with Crippen LogP contribution in [0, 0.1) is 0 Å². The first-order valence-corrected chi connectivity index (χ1v) is 11.9. The lowest BCUT2D eigenvalue weighted by atomic mass is 10.1. The maximum Gasteiger partial charge on any atom is 0.335 e. The Morgan fingerprint density at radius 2 is 1.56 bits per heavy atom. The quantitative estimate of drug-likeness (QED) is 0.0775. The van der Waals surface area contributed by atoms with Crippen molar-refractivity contribution in [3.8, 4) is 0 Å². The topological polar surface area (TPSA) is 116 Å². The second kappa shape index (κ2) is 17.3. The molecule has 1 rings (SSSR count). The number of carbonyl (C=O) groups excluding carboxylic acids is 2. The van der Waals surface area contributed by atoms with Gasteiger partial charge in [-0.3, -0.25) is 14.8 Å². The van der Waals surface area contributed by atoms with E-state index in [0.717, 1.165) is 63.4 Å². The summed E-state index contributed by atoms with van der Waals surface area (Å²) in [6, 6.07) is 6.31. The number of benzene rings is 1. The number of carboxylic acid groups (broad SMARTS) is 1. The summed E-state index contributed by atoms with van der Waals surface area (Å²) in [6.07, 6.45) is 14.3. The van der Waals surface area contributed by atoms with Gasteiger partial charge in [-0.25, -0.2) is 10.3 Å². The highest BCUT2D eigenvalue weighted by molar-refractivity contribution is 7.80. The minimum atomic E-state index is -0.896. The Morgan fingerprint density at radius 3 is 2.19 bits per heavy atom. The largest absolute Gasteiger partial charge is 0.478 e. The Balaban J connectivity index is 2.00. The van der Waals surface area contributed by atoms with Crippen LogP contribution < -0.4 is 10.8 Å². The van der Waals surface area contributed by atoms with Crippen molar-refractivity contribution in [2.45, 2.75) is 76.7 Å². The van der Waals surface area contributed by atoms with Gasteiger partial charge in [-0.2, -0.15) is 12.6 Å². The minimum absolute atomic E-state index is 0.179. The molecule has 1 aromatic carbocycles. The zero-order chi connectivity index (χ0) is 23.6. The molecule has 32 heavy (non-hydrogen) atoms. The Kier molecular flexibility index (Phi) is 14.9. The summed E-state index contributed by atoms with van der Waals surface area (Å²) in [7, 11) is 0. The van der Waals surface area contributed by atoms with Gasteiger partial charge in [0.25, 0.3) is 5.91 Å². The highest BCUT2D eigenvalue weighted by Gasteiger charge is 2.18. The lowest BCUT2D eigenvalue weighted by Gasteiger charge is -2.15. The number of hydroxylamine groups is 1. The molecule has 0 aliphatic rings. The SMILES string of the molecule is O=C(CCCCCCC/C=C/CCCc1ccc(C(=O)O)cc1)NC(CCS)C(=O)NO. The van der Waals surface area contributed by atoms with E-state index < -0.39 is 17.9 Å². The molecule has 0 saturated carbocycles. The number of nitrogens with one attached hydrogen (secondary N) is 2. The number of rotatable bonds is 17. The summed E-state index contributed by atoms with van der Waals surface area (Å²) >= 11 is 4.06. The highest BCUT2D eigenvalue weighted by atomic mass is 32.1. The number of carboxylic acids is 1. The minimum Gasteiger partial charge on any atom is -0.478 e. The number of carbonyl (C=O) groups is 3.